The van der Waals surface area contributed by atoms with Crippen LogP contribution >= 0.6 is 24.0 Å². The van der Waals surface area contributed by atoms with Crippen molar-refractivity contribution in [1.82, 2.24) is 0 Å². The highest BCUT2D eigenvalue weighted by Gasteiger charge is 2.45. The molecule has 0 fully saturated rings. The molecule has 2 aromatic rings. The summed E-state index contributed by atoms with van der Waals surface area (Å²) in [6, 6.07) is 14.1. The zero-order valence-corrected chi connectivity index (χ0v) is 18.0. The minimum absolute atomic E-state index is 0. The van der Waals surface area contributed by atoms with Gasteiger partial charge in [-0.3, -0.25) is 0 Å². The first-order valence-electron chi connectivity index (χ1n) is 8.84. The van der Waals surface area contributed by atoms with Crippen molar-refractivity contribution in [3.8, 4) is 5.75 Å². The maximum Gasteiger partial charge on any atom is 0.340 e. The number of fused-ring (bicyclic) bond motifs is 1. The van der Waals surface area contributed by atoms with Crippen molar-refractivity contribution < 1.29 is 19.4 Å². The van der Waals surface area contributed by atoms with E-state index < -0.39 is 29.8 Å². The number of aliphatic hydroxyl groups excluding tert-OH is 1. The number of carbonyl (C=O) groups is 1. The Balaban J connectivity index is 0.00000261. The Labute approximate surface area is 176 Å². The Kier molecular flexibility index (Phi) is 6.88. The first-order chi connectivity index (χ1) is 12.3. The van der Waals surface area contributed by atoms with Crippen LogP contribution in [-0.2, 0) is 16.0 Å². The van der Waals surface area contributed by atoms with E-state index in [0.717, 1.165) is 17.5 Å². The van der Waals surface area contributed by atoms with Gasteiger partial charge in [0.25, 0.3) is 0 Å². The van der Waals surface area contributed by atoms with Gasteiger partial charge in [0.05, 0.1) is 6.04 Å². The molecule has 3 N–H and O–H groups in total. The van der Waals surface area contributed by atoms with Crippen LogP contribution in [0.3, 0.4) is 0 Å². The summed E-state index contributed by atoms with van der Waals surface area (Å²) in [6.07, 6.45) is -1.20. The maximum absolute atomic E-state index is 12.5. The quantitative estimate of drug-likeness (QED) is 0.513. The molecule has 0 saturated heterocycles. The Morgan fingerprint density at radius 3 is 2.56 bits per heavy atom. The van der Waals surface area contributed by atoms with Gasteiger partial charge in [-0.2, -0.15) is 0 Å². The van der Waals surface area contributed by atoms with E-state index in [2.05, 4.69) is 6.92 Å². The molecule has 0 spiro atoms. The van der Waals surface area contributed by atoms with Crippen molar-refractivity contribution in [2.24, 2.45) is 5.73 Å². The van der Waals surface area contributed by atoms with E-state index >= 15 is 0 Å². The summed E-state index contributed by atoms with van der Waals surface area (Å²) < 4.78 is 11.7. The second kappa shape index (κ2) is 8.58. The van der Waals surface area contributed by atoms with Gasteiger partial charge in [0.1, 0.15) is 11.4 Å². The Bertz CT molecular complexity index is 794. The second-order valence-corrected chi connectivity index (χ2v) is 7.13. The van der Waals surface area contributed by atoms with Crippen LogP contribution in [0.4, 0.5) is 0 Å². The first kappa shape index (κ1) is 21.7. The predicted molar refractivity (Wildman–Crippen MR) is 114 cm³/mol. The number of hydrogen-bond acceptors (Lipinski definition) is 5. The molecular weight excluding hydrogens is 457 g/mol. The van der Waals surface area contributed by atoms with Crippen LogP contribution in [0.5, 0.6) is 5.75 Å². The van der Waals surface area contributed by atoms with Gasteiger partial charge in [-0.05, 0) is 37.5 Å². The van der Waals surface area contributed by atoms with Gasteiger partial charge in [0.15, 0.2) is 12.2 Å². The number of nitrogens with two attached hydrogens (primary N) is 1. The molecule has 1 unspecified atom stereocenters. The monoisotopic (exact) mass is 483 g/mol. The third-order valence-corrected chi connectivity index (χ3v) is 4.81. The summed E-state index contributed by atoms with van der Waals surface area (Å²) in [4.78, 5) is 12.5. The molecule has 1 aliphatic rings. The van der Waals surface area contributed by atoms with E-state index in [1.165, 1.54) is 0 Å². The van der Waals surface area contributed by atoms with E-state index in [4.69, 9.17) is 15.2 Å². The fourth-order valence-corrected chi connectivity index (χ4v) is 3.28. The summed E-state index contributed by atoms with van der Waals surface area (Å²) in [7, 11) is 0. The fourth-order valence-electron chi connectivity index (χ4n) is 3.28. The number of carbonyl (C=O) groups excluding carboxylic acids is 1. The molecule has 0 radical (unpaired) electrons. The molecule has 1 aliphatic heterocycles. The van der Waals surface area contributed by atoms with Gasteiger partial charge in [0, 0.05) is 5.56 Å². The zero-order valence-electron chi connectivity index (χ0n) is 15.7. The summed E-state index contributed by atoms with van der Waals surface area (Å²) in [5.74, 6) is -0.0287. The lowest BCUT2D eigenvalue weighted by Gasteiger charge is -2.43. The maximum atomic E-state index is 12.5. The average molecular weight is 483 g/mol. The fraction of sp³-hybridized carbons (Fsp3) is 0.381. The molecule has 0 aliphatic carbocycles. The average Bonchev–Trinajstić information content (AvgIpc) is 2.64. The lowest BCUT2D eigenvalue weighted by molar-refractivity contribution is -0.174. The van der Waals surface area contributed by atoms with Crippen molar-refractivity contribution in [3.05, 3.63) is 65.2 Å². The molecule has 0 aromatic heterocycles. The molecule has 3 rings (SSSR count). The standard InChI is InChI=1S/C21H25NO4.HI/c1-4-13-10-11-16-15(12-13)17(22)19(21(2,3)26-16)25-20(24)18(23)14-8-6-5-7-9-14;/h5-12,17-19,23H,4,22H2,1-3H3;1H/t17-,18?,19+;/m1./s1. The molecule has 2 aromatic carbocycles. The van der Waals surface area contributed by atoms with E-state index in [1.54, 1.807) is 24.3 Å². The van der Waals surface area contributed by atoms with Gasteiger partial charge < -0.3 is 20.3 Å². The summed E-state index contributed by atoms with van der Waals surface area (Å²) in [5, 5.41) is 10.3. The van der Waals surface area contributed by atoms with Crippen LogP contribution < -0.4 is 10.5 Å². The van der Waals surface area contributed by atoms with E-state index in [0.29, 0.717) is 11.3 Å². The molecule has 6 heteroatoms. The molecular formula is C21H26INO4. The number of ether oxygens (including phenoxy) is 2. The van der Waals surface area contributed by atoms with Crippen LogP contribution in [0.1, 0.15) is 49.6 Å². The van der Waals surface area contributed by atoms with Crippen molar-refractivity contribution in [2.45, 2.75) is 51.0 Å². The number of rotatable bonds is 4. The molecule has 1 heterocycles. The number of halogens is 1. The third-order valence-electron chi connectivity index (χ3n) is 4.81. The molecule has 3 atom stereocenters. The van der Waals surface area contributed by atoms with Crippen LogP contribution in [-0.4, -0.2) is 22.8 Å². The van der Waals surface area contributed by atoms with Gasteiger partial charge in [-0.15, -0.1) is 24.0 Å². The molecule has 0 amide bonds. The number of aryl methyl sites for hydroxylation is 1. The first-order valence-corrected chi connectivity index (χ1v) is 8.84. The SMILES string of the molecule is CCc1ccc2c(c1)[C@@H](N)[C@H](OC(=O)C(O)c1ccccc1)C(C)(C)O2.I. The van der Waals surface area contributed by atoms with E-state index in [-0.39, 0.29) is 24.0 Å². The molecule has 5 nitrogen and oxygen atoms in total. The lowest BCUT2D eigenvalue weighted by atomic mass is 9.86. The lowest BCUT2D eigenvalue weighted by Crippen LogP contribution is -2.53. The highest BCUT2D eigenvalue weighted by atomic mass is 127. The minimum Gasteiger partial charge on any atom is -0.484 e. The van der Waals surface area contributed by atoms with E-state index in [1.807, 2.05) is 38.1 Å². The van der Waals surface area contributed by atoms with Crippen molar-refractivity contribution in [2.75, 3.05) is 0 Å². The Hall–Kier alpha value is -1.64. The molecule has 27 heavy (non-hydrogen) atoms. The number of hydrogen-bond donors (Lipinski definition) is 2. The molecule has 146 valence electrons. The van der Waals surface area contributed by atoms with Crippen molar-refractivity contribution >= 4 is 29.9 Å². The second-order valence-electron chi connectivity index (χ2n) is 7.13. The topological polar surface area (TPSA) is 81.8 Å². The number of aliphatic hydroxyl groups is 1. The molecule has 0 saturated carbocycles. The van der Waals surface area contributed by atoms with Gasteiger partial charge in [-0.25, -0.2) is 4.79 Å². The summed E-state index contributed by atoms with van der Waals surface area (Å²) in [5.41, 5.74) is 8.06. The Morgan fingerprint density at radius 2 is 1.93 bits per heavy atom. The van der Waals surface area contributed by atoms with Gasteiger partial charge in [-0.1, -0.05) is 49.4 Å². The third kappa shape index (κ3) is 4.44. The zero-order chi connectivity index (χ0) is 18.9. The van der Waals surface area contributed by atoms with Crippen molar-refractivity contribution in [1.29, 1.82) is 0 Å². The van der Waals surface area contributed by atoms with Crippen LogP contribution in [0.25, 0.3) is 0 Å². The largest absolute Gasteiger partial charge is 0.484 e. The van der Waals surface area contributed by atoms with Crippen molar-refractivity contribution in [3.63, 3.8) is 0 Å². The normalized spacial score (nSPS) is 21.2. The van der Waals surface area contributed by atoms with Crippen LogP contribution in [0.15, 0.2) is 48.5 Å². The van der Waals surface area contributed by atoms with Gasteiger partial charge >= 0.3 is 5.97 Å². The van der Waals surface area contributed by atoms with Crippen LogP contribution in [0.2, 0.25) is 0 Å². The smallest absolute Gasteiger partial charge is 0.340 e. The highest BCUT2D eigenvalue weighted by Crippen LogP contribution is 2.41. The number of benzene rings is 2. The highest BCUT2D eigenvalue weighted by molar-refractivity contribution is 14.0. The minimum atomic E-state index is -1.36. The summed E-state index contributed by atoms with van der Waals surface area (Å²) >= 11 is 0. The summed E-state index contributed by atoms with van der Waals surface area (Å²) in [6.45, 7) is 5.72. The number of esters is 1. The predicted octanol–water partition coefficient (Wildman–Crippen LogP) is 3.68. The molecule has 0 bridgehead atoms. The van der Waals surface area contributed by atoms with Crippen LogP contribution in [0, 0.1) is 0 Å². The Morgan fingerprint density at radius 1 is 1.26 bits per heavy atom. The van der Waals surface area contributed by atoms with Gasteiger partial charge in [0.2, 0.25) is 0 Å². The van der Waals surface area contributed by atoms with E-state index in [9.17, 15) is 9.90 Å².